The van der Waals surface area contributed by atoms with E-state index in [9.17, 15) is 0 Å². The molecule has 3 aromatic heterocycles. The van der Waals surface area contributed by atoms with Crippen molar-refractivity contribution in [3.05, 3.63) is 228 Å². The first kappa shape index (κ1) is 66.7. The van der Waals surface area contributed by atoms with Crippen LogP contribution in [0.5, 0.6) is 34.5 Å². The zero-order valence-corrected chi connectivity index (χ0v) is 59.0. The highest BCUT2D eigenvalue weighted by Crippen LogP contribution is 2.46. The van der Waals surface area contributed by atoms with Crippen molar-refractivity contribution in [3.63, 3.8) is 0 Å². The molecule has 10 rings (SSSR count). The van der Waals surface area contributed by atoms with Crippen molar-refractivity contribution in [2.45, 2.75) is 189 Å². The Morgan fingerprint density at radius 1 is 0.304 bits per heavy atom. The third kappa shape index (κ3) is 14.7. The minimum Gasteiger partial charge on any atom is -0.496 e. The van der Waals surface area contributed by atoms with E-state index in [-0.39, 0.29) is 46.9 Å². The Bertz CT molecular complexity index is 3910. The van der Waals surface area contributed by atoms with E-state index in [1.807, 2.05) is 93.4 Å². The summed E-state index contributed by atoms with van der Waals surface area (Å²) < 4.78 is 48.2. The Labute approximate surface area is 548 Å². The van der Waals surface area contributed by atoms with E-state index in [4.69, 9.17) is 43.4 Å². The standard InChI is InChI=1S/C80H100N6O6/c1-76(2,3)62-37-52-31-50-23-22-24-51(73(50)90-47-67-81-25-28-84(67)16)32-53-38-63(77(4,5)6)40-55(71(53)88-20)34-59-44-66(80(13,14)15)46-61(75(59)92-49-69-83-27-30-86(69)18)36-57-42-64(78(7,8)9)41-56(72(57)89-21)35-60-45-65(79(10,11)12)43-58(33-54(39-62)70(52)87-19)74(60)91-48-68-82-26-29-85(68)17/h22-30,37-46H,31-36,47-49H2,1-21H3. The number of ether oxygens (including phenoxy) is 6. The number of imidazole rings is 3. The fourth-order valence-electron chi connectivity index (χ4n) is 12.8. The Morgan fingerprint density at radius 3 is 0.685 bits per heavy atom. The van der Waals surface area contributed by atoms with Gasteiger partial charge in [0.1, 0.15) is 71.8 Å². The summed E-state index contributed by atoms with van der Waals surface area (Å²) in [6.07, 6.45) is 14.6. The lowest BCUT2D eigenvalue weighted by atomic mass is 9.79. The minimum absolute atomic E-state index is 0.215. The number of nitrogens with zero attached hydrogens (tertiary/aromatic N) is 6. The number of para-hydroxylation sites is 1. The van der Waals surface area contributed by atoms with E-state index in [1.54, 1.807) is 0 Å². The van der Waals surface area contributed by atoms with Gasteiger partial charge in [0.05, 0.1) is 21.3 Å². The van der Waals surface area contributed by atoms with Crippen LogP contribution in [0.25, 0.3) is 0 Å². The van der Waals surface area contributed by atoms with Gasteiger partial charge in [0.15, 0.2) is 0 Å². The van der Waals surface area contributed by atoms with Gasteiger partial charge in [0, 0.05) is 96.8 Å². The largest absolute Gasteiger partial charge is 0.496 e. The molecule has 0 saturated carbocycles. The van der Waals surface area contributed by atoms with E-state index >= 15 is 0 Å². The first-order valence-electron chi connectivity index (χ1n) is 32.6. The number of methoxy groups -OCH3 is 3. The predicted octanol–water partition coefficient (Wildman–Crippen LogP) is 17.0. The molecule has 12 bridgehead atoms. The fraction of sp³-hybridized carbons (Fsp3) is 0.438. The van der Waals surface area contributed by atoms with Crippen molar-refractivity contribution in [3.8, 4) is 34.5 Å². The normalized spacial score (nSPS) is 13.4. The molecule has 0 fully saturated rings. The first-order valence-corrected chi connectivity index (χ1v) is 32.6. The average molecular weight is 1240 g/mol. The lowest BCUT2D eigenvalue weighted by Crippen LogP contribution is -2.17. The summed E-state index contributed by atoms with van der Waals surface area (Å²) in [5.74, 6) is 7.44. The summed E-state index contributed by atoms with van der Waals surface area (Å²) in [5.41, 5.74) is 17.6. The Kier molecular flexibility index (Phi) is 18.9. The van der Waals surface area contributed by atoms with Crippen LogP contribution in [-0.4, -0.2) is 50.0 Å². The summed E-state index contributed by atoms with van der Waals surface area (Å²) in [4.78, 5) is 14.3. The third-order valence-corrected chi connectivity index (χ3v) is 18.4. The third-order valence-electron chi connectivity index (χ3n) is 18.4. The second-order valence-electron chi connectivity index (χ2n) is 30.7. The maximum Gasteiger partial charge on any atom is 0.146 e. The Balaban J connectivity index is 1.31. The van der Waals surface area contributed by atoms with Gasteiger partial charge >= 0.3 is 0 Å². The van der Waals surface area contributed by atoms with Crippen molar-refractivity contribution in [2.75, 3.05) is 21.3 Å². The van der Waals surface area contributed by atoms with Crippen molar-refractivity contribution in [1.82, 2.24) is 28.7 Å². The van der Waals surface area contributed by atoms with Crippen LogP contribution < -0.4 is 28.4 Å². The second kappa shape index (κ2) is 26.0. The Morgan fingerprint density at radius 2 is 0.500 bits per heavy atom. The molecule has 1 aliphatic rings. The molecule has 3 heterocycles. The molecule has 0 atom stereocenters. The van der Waals surface area contributed by atoms with Crippen LogP contribution in [0.2, 0.25) is 0 Å². The van der Waals surface area contributed by atoms with E-state index in [2.05, 4.69) is 183 Å². The summed E-state index contributed by atoms with van der Waals surface area (Å²) in [5, 5.41) is 0. The predicted molar refractivity (Wildman–Crippen MR) is 371 cm³/mol. The summed E-state index contributed by atoms with van der Waals surface area (Å²) >= 11 is 0. The summed E-state index contributed by atoms with van der Waals surface area (Å²) in [6.45, 7) is 35.2. The highest BCUT2D eigenvalue weighted by atomic mass is 16.5. The molecule has 12 nitrogen and oxygen atoms in total. The SMILES string of the molecule is COc1c2cc(C(C)(C)C)cc1Cc1cc(C(C)(C)C)cc(c1OCc1nccn1C)Cc1cc(C(C)(C)C)cc(c1OC)Cc1cc(C(C)(C)C)cc(c1OCc1nccn1C)Cc1cc(C(C)(C)C)cc(c1OC)Cc1cccc(c1OCc1nccn1C)C2. The minimum atomic E-state index is -0.231. The maximum atomic E-state index is 7.31. The van der Waals surface area contributed by atoms with E-state index < -0.39 is 0 Å². The summed E-state index contributed by atoms with van der Waals surface area (Å²) in [6, 6.07) is 30.2. The lowest BCUT2D eigenvalue weighted by Gasteiger charge is -2.28. The van der Waals surface area contributed by atoms with Gasteiger partial charge in [-0.25, -0.2) is 15.0 Å². The molecule has 0 saturated heterocycles. The number of rotatable bonds is 12. The van der Waals surface area contributed by atoms with Gasteiger partial charge in [-0.15, -0.1) is 0 Å². The van der Waals surface area contributed by atoms with Crippen molar-refractivity contribution >= 4 is 0 Å². The molecule has 0 aliphatic heterocycles. The zero-order chi connectivity index (χ0) is 66.4. The van der Waals surface area contributed by atoms with Gasteiger partial charge < -0.3 is 42.1 Å². The van der Waals surface area contributed by atoms with Gasteiger partial charge in [-0.05, 0) is 122 Å². The molecule has 486 valence electrons. The molecule has 1 aliphatic carbocycles. The number of aryl methyl sites for hydroxylation is 3. The second-order valence-corrected chi connectivity index (χ2v) is 30.7. The lowest BCUT2D eigenvalue weighted by molar-refractivity contribution is 0.286. The molecule has 6 aromatic carbocycles. The van der Waals surface area contributed by atoms with Gasteiger partial charge in [0.25, 0.3) is 0 Å². The number of hydrogen-bond acceptors (Lipinski definition) is 9. The fourth-order valence-corrected chi connectivity index (χ4v) is 12.8. The molecule has 92 heavy (non-hydrogen) atoms. The van der Waals surface area contributed by atoms with Gasteiger partial charge in [0.2, 0.25) is 0 Å². The Hall–Kier alpha value is -8.25. The van der Waals surface area contributed by atoms with Gasteiger partial charge in [-0.1, -0.05) is 183 Å². The molecule has 0 unspecified atom stereocenters. The molecular formula is C80H100N6O6. The topological polar surface area (TPSA) is 109 Å². The van der Waals surface area contributed by atoms with Gasteiger partial charge in [-0.3, -0.25) is 0 Å². The van der Waals surface area contributed by atoms with Crippen LogP contribution >= 0.6 is 0 Å². The van der Waals surface area contributed by atoms with Gasteiger partial charge in [-0.2, -0.15) is 0 Å². The van der Waals surface area contributed by atoms with Crippen molar-refractivity contribution < 1.29 is 28.4 Å². The van der Waals surface area contributed by atoms with Crippen LogP contribution in [0, 0.1) is 0 Å². The van der Waals surface area contributed by atoms with Crippen LogP contribution in [0.4, 0.5) is 0 Å². The van der Waals surface area contributed by atoms with Crippen molar-refractivity contribution in [2.24, 2.45) is 21.1 Å². The molecule has 9 aromatic rings. The number of fused-ring (bicyclic) bond motifs is 12. The highest BCUT2D eigenvalue weighted by Gasteiger charge is 2.31. The molecule has 0 amide bonds. The molecular weight excluding hydrogens is 1140 g/mol. The summed E-state index contributed by atoms with van der Waals surface area (Å²) in [7, 11) is 11.5. The molecule has 0 spiro atoms. The molecule has 0 radical (unpaired) electrons. The first-order chi connectivity index (χ1) is 43.3. The van der Waals surface area contributed by atoms with Crippen LogP contribution in [0.15, 0.2) is 116 Å². The maximum absolute atomic E-state index is 7.31. The molecule has 0 N–H and O–H groups in total. The van der Waals surface area contributed by atoms with Crippen LogP contribution in [0.3, 0.4) is 0 Å². The van der Waals surface area contributed by atoms with Crippen LogP contribution in [0.1, 0.15) is 216 Å². The van der Waals surface area contributed by atoms with E-state index in [0.717, 1.165) is 119 Å². The average Bonchev–Trinajstić information content (AvgIpc) is 0.812. The van der Waals surface area contributed by atoms with E-state index in [1.165, 1.54) is 27.8 Å². The van der Waals surface area contributed by atoms with E-state index in [0.29, 0.717) is 38.5 Å². The van der Waals surface area contributed by atoms with Crippen LogP contribution in [-0.2, 0) is 107 Å². The quantitative estimate of drug-likeness (QED) is 0.118. The van der Waals surface area contributed by atoms with Crippen molar-refractivity contribution in [1.29, 1.82) is 0 Å². The highest BCUT2D eigenvalue weighted by molar-refractivity contribution is 5.61. The smallest absolute Gasteiger partial charge is 0.146 e. The monoisotopic (exact) mass is 1240 g/mol. The number of aromatic nitrogens is 6. The number of benzene rings is 6. The number of hydrogen-bond donors (Lipinski definition) is 0. The zero-order valence-electron chi connectivity index (χ0n) is 59.0. The molecule has 12 heteroatoms.